The lowest BCUT2D eigenvalue weighted by Crippen LogP contribution is -2.40. The lowest BCUT2D eigenvalue weighted by Gasteiger charge is -2.26. The zero-order valence-corrected chi connectivity index (χ0v) is 21.4. The number of fused-ring (bicyclic) bond motifs is 1. The van der Waals surface area contributed by atoms with Crippen LogP contribution in [0.15, 0.2) is 41.3 Å². The quantitative estimate of drug-likeness (QED) is 0.284. The van der Waals surface area contributed by atoms with Crippen molar-refractivity contribution in [1.82, 2.24) is 14.7 Å². The first-order chi connectivity index (χ1) is 18.1. The summed E-state index contributed by atoms with van der Waals surface area (Å²) in [5.74, 6) is -2.35. The first kappa shape index (κ1) is 28.4. The molecule has 2 heterocycles. The highest BCUT2D eigenvalue weighted by molar-refractivity contribution is 7.86. The highest BCUT2D eigenvalue weighted by atomic mass is 35.5. The average molecular weight is 610 g/mol. The smallest absolute Gasteiger partial charge is 0.340 e. The molecule has 2 amide bonds. The molecule has 0 saturated heterocycles. The number of carbonyl (C=O) groups is 2. The Balaban J connectivity index is 1.92. The van der Waals surface area contributed by atoms with Crippen LogP contribution in [-0.4, -0.2) is 49.9 Å². The van der Waals surface area contributed by atoms with E-state index in [1.165, 1.54) is 30.3 Å². The van der Waals surface area contributed by atoms with Gasteiger partial charge in [0.1, 0.15) is 23.3 Å². The standard InChI is InChI=1S/C22H11Cl2F6N5O3S/c1-33(9-34-19(36)11-4-2-3-5-12(11)20(34)37)18-17(39(38)22(28,29)30)15(8-31)32-35(18)16-13(23)6-10(7-14(16)24)21(25,26)27/h2-7H,9H2,1H3. The van der Waals surface area contributed by atoms with Gasteiger partial charge < -0.3 is 4.90 Å². The van der Waals surface area contributed by atoms with Crippen molar-refractivity contribution in [2.75, 3.05) is 18.6 Å². The molecule has 3 aromatic rings. The summed E-state index contributed by atoms with van der Waals surface area (Å²) >= 11 is 12.1. The van der Waals surface area contributed by atoms with Gasteiger partial charge in [-0.1, -0.05) is 35.3 Å². The summed E-state index contributed by atoms with van der Waals surface area (Å²) in [5, 5.41) is 11.8. The number of aromatic nitrogens is 2. The Morgan fingerprint density at radius 1 is 1.03 bits per heavy atom. The third kappa shape index (κ3) is 4.95. The monoisotopic (exact) mass is 609 g/mol. The fourth-order valence-electron chi connectivity index (χ4n) is 3.82. The highest BCUT2D eigenvalue weighted by Crippen LogP contribution is 2.42. The van der Waals surface area contributed by atoms with E-state index in [4.69, 9.17) is 23.2 Å². The molecule has 0 N–H and O–H groups in total. The minimum absolute atomic E-state index is 0.0232. The van der Waals surface area contributed by atoms with Gasteiger partial charge in [0.2, 0.25) is 0 Å². The maximum absolute atomic E-state index is 13.6. The summed E-state index contributed by atoms with van der Waals surface area (Å²) in [6.45, 7) is -0.735. The number of alkyl halides is 6. The summed E-state index contributed by atoms with van der Waals surface area (Å²) in [5.41, 5.74) is -8.23. The van der Waals surface area contributed by atoms with E-state index in [1.807, 2.05) is 0 Å². The van der Waals surface area contributed by atoms with Gasteiger partial charge in [-0.25, -0.2) is 8.89 Å². The number of nitrogens with zero attached hydrogens (tertiary/aromatic N) is 5. The lowest BCUT2D eigenvalue weighted by molar-refractivity contribution is -0.137. The van der Waals surface area contributed by atoms with Crippen LogP contribution in [0.1, 0.15) is 32.0 Å². The Hall–Kier alpha value is -3.61. The van der Waals surface area contributed by atoms with Crippen molar-refractivity contribution in [3.8, 4) is 11.8 Å². The third-order valence-corrected chi connectivity index (χ3v) is 7.21. The van der Waals surface area contributed by atoms with E-state index in [9.17, 15) is 45.4 Å². The van der Waals surface area contributed by atoms with E-state index in [0.29, 0.717) is 21.7 Å². The maximum atomic E-state index is 13.6. The fraction of sp³-hybridized carbons (Fsp3) is 0.182. The predicted octanol–water partition coefficient (Wildman–Crippen LogP) is 5.39. The van der Waals surface area contributed by atoms with Crippen molar-refractivity contribution >= 4 is 51.6 Å². The summed E-state index contributed by atoms with van der Waals surface area (Å²) in [4.78, 5) is 26.0. The molecule has 1 aliphatic rings. The maximum Gasteiger partial charge on any atom is 0.476 e. The molecule has 0 fully saturated rings. The van der Waals surface area contributed by atoms with Gasteiger partial charge in [-0.3, -0.25) is 14.5 Å². The molecular weight excluding hydrogens is 599 g/mol. The normalized spacial score (nSPS) is 14.4. The van der Waals surface area contributed by atoms with Crippen molar-refractivity contribution in [1.29, 1.82) is 5.26 Å². The van der Waals surface area contributed by atoms with Crippen molar-refractivity contribution in [3.05, 3.63) is 68.8 Å². The molecular formula is C22H11Cl2F6N5O3S. The van der Waals surface area contributed by atoms with Gasteiger partial charge in [0.15, 0.2) is 22.3 Å². The van der Waals surface area contributed by atoms with Crippen molar-refractivity contribution in [2.45, 2.75) is 16.6 Å². The van der Waals surface area contributed by atoms with Gasteiger partial charge in [0.25, 0.3) is 11.8 Å². The number of hydrogen-bond donors (Lipinski definition) is 0. The summed E-state index contributed by atoms with van der Waals surface area (Å²) < 4.78 is 93.5. The van der Waals surface area contributed by atoms with Gasteiger partial charge in [-0.15, -0.1) is 0 Å². The van der Waals surface area contributed by atoms with Crippen LogP contribution in [0.5, 0.6) is 0 Å². The van der Waals surface area contributed by atoms with Gasteiger partial charge >= 0.3 is 11.7 Å². The minimum atomic E-state index is -5.40. The van der Waals surface area contributed by atoms with Gasteiger partial charge in [0.05, 0.1) is 26.7 Å². The Labute approximate surface area is 227 Å². The van der Waals surface area contributed by atoms with Gasteiger partial charge in [0, 0.05) is 7.05 Å². The van der Waals surface area contributed by atoms with Crippen molar-refractivity contribution in [3.63, 3.8) is 0 Å². The summed E-state index contributed by atoms with van der Waals surface area (Å²) in [6.07, 6.45) is -4.89. The van der Waals surface area contributed by atoms with Gasteiger partial charge in [-0.2, -0.15) is 36.7 Å². The number of halogens is 8. The first-order valence-corrected chi connectivity index (χ1v) is 12.2. The molecule has 1 aromatic heterocycles. The molecule has 4 rings (SSSR count). The molecule has 0 aliphatic carbocycles. The Bertz CT molecular complexity index is 1540. The van der Waals surface area contributed by atoms with Crippen molar-refractivity contribution < 1.29 is 40.1 Å². The third-order valence-electron chi connectivity index (χ3n) is 5.47. The van der Waals surface area contributed by atoms with Crippen LogP contribution in [0, 0.1) is 11.3 Å². The molecule has 17 heteroatoms. The number of rotatable bonds is 5. The van der Waals surface area contributed by atoms with E-state index in [-0.39, 0.29) is 11.1 Å². The Kier molecular flexibility index (Phi) is 7.17. The lowest BCUT2D eigenvalue weighted by atomic mass is 10.1. The van der Waals surface area contributed by atoms with E-state index in [2.05, 4.69) is 5.10 Å². The van der Waals surface area contributed by atoms with Crippen LogP contribution < -0.4 is 4.90 Å². The number of amides is 2. The zero-order chi connectivity index (χ0) is 29.0. The number of benzene rings is 2. The molecule has 2 aromatic carbocycles. The fourth-order valence-corrected chi connectivity index (χ4v) is 5.37. The molecule has 1 atom stereocenters. The second-order valence-electron chi connectivity index (χ2n) is 7.95. The summed E-state index contributed by atoms with van der Waals surface area (Å²) in [7, 11) is -2.81. The Morgan fingerprint density at radius 3 is 1.97 bits per heavy atom. The topological polar surface area (TPSA) is 99.3 Å². The largest absolute Gasteiger partial charge is 0.476 e. The molecule has 8 nitrogen and oxygen atoms in total. The molecule has 0 bridgehead atoms. The highest BCUT2D eigenvalue weighted by Gasteiger charge is 2.45. The Morgan fingerprint density at radius 2 is 1.54 bits per heavy atom. The molecule has 0 spiro atoms. The van der Waals surface area contributed by atoms with Crippen LogP contribution >= 0.6 is 23.2 Å². The van der Waals surface area contributed by atoms with Gasteiger partial charge in [-0.05, 0) is 24.3 Å². The minimum Gasteiger partial charge on any atom is -0.340 e. The molecule has 1 aliphatic heterocycles. The number of hydrogen-bond acceptors (Lipinski definition) is 6. The van der Waals surface area contributed by atoms with Crippen LogP contribution in [0.3, 0.4) is 0 Å². The summed E-state index contributed by atoms with van der Waals surface area (Å²) in [6, 6.07) is 7.94. The average Bonchev–Trinajstić information content (AvgIpc) is 3.33. The van der Waals surface area contributed by atoms with E-state index in [0.717, 1.165) is 11.9 Å². The number of nitriles is 1. The van der Waals surface area contributed by atoms with Crippen LogP contribution in [0.2, 0.25) is 10.0 Å². The van der Waals surface area contributed by atoms with E-state index < -0.39 is 78.7 Å². The predicted molar refractivity (Wildman–Crippen MR) is 126 cm³/mol. The SMILES string of the molecule is CN(CN1C(=O)c2ccccc2C1=O)c1c(S(=O)C(F)(F)F)c(C#N)nn1-c1c(Cl)cc(C(F)(F)F)cc1Cl. The second kappa shape index (κ2) is 9.85. The number of anilines is 1. The molecule has 0 radical (unpaired) electrons. The molecule has 0 saturated carbocycles. The molecule has 39 heavy (non-hydrogen) atoms. The molecule has 204 valence electrons. The van der Waals surface area contributed by atoms with Crippen LogP contribution in [0.25, 0.3) is 5.69 Å². The van der Waals surface area contributed by atoms with Crippen molar-refractivity contribution in [2.24, 2.45) is 0 Å². The zero-order valence-electron chi connectivity index (χ0n) is 19.1. The van der Waals surface area contributed by atoms with E-state index >= 15 is 0 Å². The second-order valence-corrected chi connectivity index (χ2v) is 10.2. The van der Waals surface area contributed by atoms with E-state index in [1.54, 1.807) is 0 Å². The van der Waals surface area contributed by atoms with Crippen LogP contribution in [-0.2, 0) is 17.0 Å². The number of imide groups is 1. The molecule has 1 unspecified atom stereocenters. The number of carbonyl (C=O) groups excluding carboxylic acids is 2. The first-order valence-electron chi connectivity index (χ1n) is 10.3. The van der Waals surface area contributed by atoms with Crippen LogP contribution in [0.4, 0.5) is 32.2 Å².